The number of hydrogen-bond acceptors (Lipinski definition) is 2. The first-order valence-corrected chi connectivity index (χ1v) is 30.7. The molecule has 7 heteroatoms. The Morgan fingerprint density at radius 1 is 0.404 bits per heavy atom. The Balaban J connectivity index is -0.000000210. The first kappa shape index (κ1) is 56.4. The predicted octanol–water partition coefficient (Wildman–Crippen LogP) is 13.0. The third-order valence-electron chi connectivity index (χ3n) is 7.30. The van der Waals surface area contributed by atoms with Gasteiger partial charge in [0.1, 0.15) is 0 Å². The minimum absolute atomic E-state index is 0. The van der Waals surface area contributed by atoms with Crippen molar-refractivity contribution in [2.45, 2.75) is 213 Å². The normalized spacial score (nSPS) is 10.3. The van der Waals surface area contributed by atoms with E-state index in [0.717, 1.165) is 25.7 Å². The molecule has 0 aliphatic rings. The molecule has 5 nitrogen and oxygen atoms in total. The second-order valence-corrected chi connectivity index (χ2v) is 18.2. The van der Waals surface area contributed by atoms with Gasteiger partial charge in [0, 0.05) is 12.8 Å². The number of carbonyl (C=O) groups is 2. The zero-order valence-electron chi connectivity index (χ0n) is 32.3. The third-order valence-corrected chi connectivity index (χ3v) is 7.30. The van der Waals surface area contributed by atoms with Crippen LogP contribution in [0, 0.1) is 0 Å². The van der Waals surface area contributed by atoms with Gasteiger partial charge in [-0.15, -0.1) is 0 Å². The van der Waals surface area contributed by atoms with Gasteiger partial charge in [0.15, 0.2) is 0 Å². The zero-order valence-corrected chi connectivity index (χ0v) is 38.0. The molecule has 0 amide bonds. The van der Waals surface area contributed by atoms with E-state index in [1.165, 1.54) is 141 Å². The van der Waals surface area contributed by atoms with E-state index in [1.54, 1.807) is 0 Å². The van der Waals surface area contributed by atoms with Gasteiger partial charge < -0.3 is 15.7 Å². The minimum atomic E-state index is -0.664. The van der Waals surface area contributed by atoms with Crippen LogP contribution in [-0.2, 0) is 9.59 Å². The van der Waals surface area contributed by atoms with Gasteiger partial charge in [-0.1, -0.05) is 141 Å². The molecule has 0 atom stereocenters. The Morgan fingerprint density at radius 3 is 0.809 bits per heavy atom. The molecule has 0 spiro atoms. The molecular weight excluding hydrogens is 798 g/mol. The Labute approximate surface area is 315 Å². The molecule has 4 radical (unpaired) electrons. The number of carboxylic acids is 2. The number of allylic oxidation sites excluding steroid dienone is 4. The van der Waals surface area contributed by atoms with Gasteiger partial charge in [-0.05, 0) is 64.2 Å². The maximum absolute atomic E-state index is 10.3. The van der Waals surface area contributed by atoms with Crippen LogP contribution in [0.2, 0.25) is 19.8 Å². The third kappa shape index (κ3) is 77.0. The van der Waals surface area contributed by atoms with E-state index in [1.807, 2.05) is 0 Å². The van der Waals surface area contributed by atoms with Gasteiger partial charge in [-0.3, -0.25) is 9.59 Å². The van der Waals surface area contributed by atoms with Crippen molar-refractivity contribution in [2.75, 3.05) is 0 Å². The summed E-state index contributed by atoms with van der Waals surface area (Å²) in [5, 5.41) is 17.0. The fourth-order valence-electron chi connectivity index (χ4n) is 4.69. The molecule has 4 N–H and O–H groups in total. The van der Waals surface area contributed by atoms with Crippen molar-refractivity contribution in [1.82, 2.24) is 0 Å². The number of unbranched alkanes of at least 4 members (excludes halogenated alkanes) is 22. The van der Waals surface area contributed by atoms with Crippen LogP contribution in [0.4, 0.5) is 0 Å². The van der Waals surface area contributed by atoms with E-state index in [2.05, 4.69) is 57.9 Å². The van der Waals surface area contributed by atoms with Crippen LogP contribution in [-0.4, -0.2) is 69.9 Å². The summed E-state index contributed by atoms with van der Waals surface area (Å²) in [5.74, 6) is -1.33. The topological polar surface area (TPSA) is 106 Å². The molecule has 0 heterocycles. The number of rotatable bonds is 30. The summed E-state index contributed by atoms with van der Waals surface area (Å²) in [4.78, 5) is 29.8. The Morgan fingerprint density at radius 2 is 0.596 bits per heavy atom. The summed E-state index contributed by atoms with van der Waals surface area (Å²) in [7, 11) is 0. The summed E-state index contributed by atoms with van der Waals surface area (Å²) < 4.78 is 0. The summed E-state index contributed by atoms with van der Waals surface area (Å²) in [5.41, 5.74) is 0. The molecule has 47 heavy (non-hydrogen) atoms. The van der Waals surface area contributed by atoms with Gasteiger partial charge in [-0.25, -0.2) is 0 Å². The first-order valence-electron chi connectivity index (χ1n) is 19.3. The molecule has 0 fully saturated rings. The fraction of sp³-hybridized carbons (Fsp3) is 0.850. The van der Waals surface area contributed by atoms with Crippen LogP contribution in [0.3, 0.4) is 0 Å². The molecule has 0 aromatic heterocycles. The summed E-state index contributed by atoms with van der Waals surface area (Å²) in [6, 6.07) is 0. The summed E-state index contributed by atoms with van der Waals surface area (Å²) in [6.07, 6.45) is 42.5. The van der Waals surface area contributed by atoms with Gasteiger partial charge in [0.2, 0.25) is 0 Å². The molecule has 0 saturated heterocycles. The molecule has 0 aromatic carbocycles. The van der Waals surface area contributed by atoms with Crippen LogP contribution in [0.5, 0.6) is 0 Å². The van der Waals surface area contributed by atoms with Crippen molar-refractivity contribution in [1.29, 1.82) is 0 Å². The van der Waals surface area contributed by atoms with E-state index < -0.39 is 11.9 Å². The monoisotopic (exact) mass is 882 g/mol. The standard InChI is InChI=1S/2C18H34O2.4CH3.H2O.2Sn/c2*1-2-3-4-5-6-7-8-9-10-11-12-13-14-15-16-17-18(19)20;;;;;;;/h2*9-10H,2-8,11-17H2,1H3,(H,19,20);4*1H3;1H2;;/b10-9+;10-9-;;;;;;;. The van der Waals surface area contributed by atoms with Crippen molar-refractivity contribution >= 4 is 54.2 Å². The predicted molar refractivity (Wildman–Crippen MR) is 213 cm³/mol. The average Bonchev–Trinajstić information content (AvgIpc) is 3.02. The molecule has 0 aliphatic carbocycles. The molecule has 0 saturated carbocycles. The summed E-state index contributed by atoms with van der Waals surface area (Å²) >= 11 is 0.460. The fourth-order valence-corrected chi connectivity index (χ4v) is 4.69. The molecule has 280 valence electrons. The van der Waals surface area contributed by atoms with E-state index in [0.29, 0.717) is 12.8 Å². The SMILES string of the molecule is CCCCCCCC/C=C/CCCCCCCC(=O)O.CCCCCCCC/C=C\CCCCCCCC(=O)O.O.[CH3][Sn][CH3].[CH3][Sn][CH3]. The first-order chi connectivity index (χ1) is 22.4. The van der Waals surface area contributed by atoms with Gasteiger partial charge >= 0.3 is 74.0 Å². The second kappa shape index (κ2) is 58.2. The molecular formula is C40H82O5Sn2. The number of hydrogen-bond donors (Lipinski definition) is 2. The van der Waals surface area contributed by atoms with Gasteiger partial charge in [0.25, 0.3) is 0 Å². The molecule has 0 rings (SSSR count). The van der Waals surface area contributed by atoms with Crippen LogP contribution in [0.25, 0.3) is 0 Å². The van der Waals surface area contributed by atoms with Crippen molar-refractivity contribution in [3.63, 3.8) is 0 Å². The number of carboxylic acid groups (broad SMARTS) is 2. The quantitative estimate of drug-likeness (QED) is 0.0426. The van der Waals surface area contributed by atoms with Crippen LogP contribution >= 0.6 is 0 Å². The van der Waals surface area contributed by atoms with E-state index in [-0.39, 0.29) is 47.8 Å². The second-order valence-electron chi connectivity index (χ2n) is 12.5. The Kier molecular flexibility index (Phi) is 69.8. The molecule has 0 unspecified atom stereocenters. The van der Waals surface area contributed by atoms with Crippen LogP contribution in [0.1, 0.15) is 194 Å². The van der Waals surface area contributed by atoms with Crippen molar-refractivity contribution < 1.29 is 25.3 Å². The van der Waals surface area contributed by atoms with Crippen LogP contribution in [0.15, 0.2) is 24.3 Å². The number of aliphatic carboxylic acids is 2. The molecule has 0 aromatic rings. The maximum atomic E-state index is 10.3. The van der Waals surface area contributed by atoms with E-state index in [4.69, 9.17) is 10.2 Å². The van der Waals surface area contributed by atoms with E-state index in [9.17, 15) is 9.59 Å². The average molecular weight is 881 g/mol. The van der Waals surface area contributed by atoms with Gasteiger partial charge in [0.05, 0.1) is 0 Å². The van der Waals surface area contributed by atoms with Crippen LogP contribution < -0.4 is 0 Å². The Bertz CT molecular complexity index is 559. The molecule has 0 bridgehead atoms. The van der Waals surface area contributed by atoms with E-state index >= 15 is 0 Å². The van der Waals surface area contributed by atoms with Crippen molar-refractivity contribution in [3.05, 3.63) is 24.3 Å². The van der Waals surface area contributed by atoms with Crippen molar-refractivity contribution in [3.8, 4) is 0 Å². The zero-order chi connectivity index (χ0) is 35.2. The van der Waals surface area contributed by atoms with Gasteiger partial charge in [-0.2, -0.15) is 0 Å². The Hall–Kier alpha value is -0.0226. The molecule has 0 aliphatic heterocycles. The van der Waals surface area contributed by atoms with Crippen molar-refractivity contribution in [2.24, 2.45) is 0 Å². The summed E-state index contributed by atoms with van der Waals surface area (Å²) in [6.45, 7) is 4.52.